The van der Waals surface area contributed by atoms with Crippen LogP contribution < -0.4 is 26.6 Å². The lowest BCUT2D eigenvalue weighted by Crippen LogP contribution is -2.85. The van der Waals surface area contributed by atoms with Crippen molar-refractivity contribution >= 4 is 59.3 Å². The maximum atomic E-state index is 14.1. The maximum Gasteiger partial charge on any atom is 0.327 e. The van der Waals surface area contributed by atoms with Crippen LogP contribution in [0.3, 0.4) is 0 Å². The van der Waals surface area contributed by atoms with E-state index in [1.807, 2.05) is 6.07 Å². The Morgan fingerprint density at radius 2 is 1.75 bits per heavy atom. The summed E-state index contributed by atoms with van der Waals surface area (Å²) in [4.78, 5) is 74.3. The molecule has 3 heterocycles. The van der Waals surface area contributed by atoms with Crippen molar-refractivity contribution in [3.05, 3.63) is 72.4 Å². The van der Waals surface area contributed by atoms with Crippen molar-refractivity contribution in [1.82, 2.24) is 25.5 Å². The number of benzene rings is 2. The fraction of sp³-hybridized carbons (Fsp3) is 0.250. The number of amides is 5. The molecule has 15 nitrogen and oxygen atoms in total. The molecule has 228 valence electrons. The second-order valence-corrected chi connectivity index (χ2v) is 12.2. The van der Waals surface area contributed by atoms with Gasteiger partial charge in [-0.1, -0.05) is 48.5 Å². The van der Waals surface area contributed by atoms with E-state index in [9.17, 15) is 34.2 Å². The highest BCUT2D eigenvalue weighted by Crippen LogP contribution is 2.54. The van der Waals surface area contributed by atoms with Gasteiger partial charge in [0.05, 0.1) is 6.20 Å². The summed E-state index contributed by atoms with van der Waals surface area (Å²) in [6, 6.07) is 12.8. The average molecular weight is 621 g/mol. The molecule has 4 atom stereocenters. The van der Waals surface area contributed by atoms with E-state index in [0.717, 1.165) is 27.8 Å². The van der Waals surface area contributed by atoms with Crippen LogP contribution in [0.25, 0.3) is 0 Å². The minimum atomic E-state index is -2.04. The quantitative estimate of drug-likeness (QED) is 0.108. The van der Waals surface area contributed by atoms with E-state index >= 15 is 0 Å². The zero-order valence-electron chi connectivity index (χ0n) is 23.4. The van der Waals surface area contributed by atoms with Gasteiger partial charge in [-0.2, -0.15) is 4.98 Å². The third kappa shape index (κ3) is 5.08. The number of carbonyl (C=O) groups excluding carboxylic acids is 4. The first-order valence-electron chi connectivity index (χ1n) is 13.2. The molecule has 0 bridgehead atoms. The van der Waals surface area contributed by atoms with Gasteiger partial charge in [0.1, 0.15) is 23.1 Å². The Hall–Kier alpha value is -5.38. The third-order valence-electron chi connectivity index (χ3n) is 7.29. The van der Waals surface area contributed by atoms with Gasteiger partial charge in [-0.3, -0.25) is 19.3 Å². The van der Waals surface area contributed by atoms with Gasteiger partial charge < -0.3 is 36.8 Å². The SMILES string of the molecule is CC1(C)S[C@H]2N(C(=O)[C@@]2(NC=O)NC(=O)C(c2ccccc2)N(C(N)=O)c2cnc(Nc3ccccc3)nc2O)[C@H]1C(=O)O. The molecule has 16 heteroatoms. The zero-order chi connectivity index (χ0) is 31.8. The molecule has 2 fully saturated rings. The number of aromatic hydroxyl groups is 1. The predicted molar refractivity (Wildman–Crippen MR) is 158 cm³/mol. The predicted octanol–water partition coefficient (Wildman–Crippen LogP) is 1.26. The summed E-state index contributed by atoms with van der Waals surface area (Å²) in [7, 11) is 0. The first kappa shape index (κ1) is 30.1. The van der Waals surface area contributed by atoms with E-state index in [2.05, 4.69) is 25.9 Å². The van der Waals surface area contributed by atoms with E-state index in [-0.39, 0.29) is 23.6 Å². The number of nitrogens with one attached hydrogen (secondary N) is 3. The molecule has 3 aromatic rings. The fourth-order valence-electron chi connectivity index (χ4n) is 5.38. The smallest absolute Gasteiger partial charge is 0.327 e. The number of carbonyl (C=O) groups is 5. The van der Waals surface area contributed by atoms with Gasteiger partial charge in [0.15, 0.2) is 0 Å². The lowest BCUT2D eigenvalue weighted by Gasteiger charge is -2.52. The molecule has 1 aromatic heterocycles. The second-order valence-electron chi connectivity index (χ2n) is 10.5. The van der Waals surface area contributed by atoms with Crippen LogP contribution in [0.15, 0.2) is 66.9 Å². The number of hydrogen-bond acceptors (Lipinski definition) is 10. The van der Waals surface area contributed by atoms with Gasteiger partial charge in [0.25, 0.3) is 5.91 Å². The van der Waals surface area contributed by atoms with Gasteiger partial charge in [-0.15, -0.1) is 11.8 Å². The first-order chi connectivity index (χ1) is 20.9. The fourth-order valence-corrected chi connectivity index (χ4v) is 7.04. The topological polar surface area (TPSA) is 220 Å². The van der Waals surface area contributed by atoms with Crippen molar-refractivity contribution in [2.75, 3.05) is 10.2 Å². The molecule has 0 aliphatic carbocycles. The Kier molecular flexibility index (Phi) is 7.77. The molecule has 2 aromatic carbocycles. The monoisotopic (exact) mass is 620 g/mol. The lowest BCUT2D eigenvalue weighted by atomic mass is 9.90. The summed E-state index contributed by atoms with van der Waals surface area (Å²) in [6.07, 6.45) is 1.32. The van der Waals surface area contributed by atoms with Gasteiger partial charge in [-0.05, 0) is 31.5 Å². The van der Waals surface area contributed by atoms with Crippen LogP contribution in [-0.4, -0.2) is 77.1 Å². The molecule has 0 spiro atoms. The van der Waals surface area contributed by atoms with E-state index in [1.165, 1.54) is 12.1 Å². The number of aliphatic carboxylic acids is 1. The van der Waals surface area contributed by atoms with Crippen LogP contribution in [0.2, 0.25) is 0 Å². The summed E-state index contributed by atoms with van der Waals surface area (Å²) >= 11 is 1.09. The molecular formula is C28H28N8O7S. The minimum Gasteiger partial charge on any atom is -0.492 e. The number of hydrogen-bond donors (Lipinski definition) is 6. The number of para-hydroxylation sites is 1. The van der Waals surface area contributed by atoms with E-state index < -0.39 is 57.6 Å². The Bertz CT molecular complexity index is 1630. The van der Waals surface area contributed by atoms with Crippen LogP contribution in [0.4, 0.5) is 22.1 Å². The summed E-state index contributed by atoms with van der Waals surface area (Å²) in [6.45, 7) is 3.27. The highest BCUT2D eigenvalue weighted by molar-refractivity contribution is 8.01. The molecule has 0 saturated carbocycles. The molecule has 2 aliphatic heterocycles. The molecule has 44 heavy (non-hydrogen) atoms. The van der Waals surface area contributed by atoms with Crippen molar-refractivity contribution in [2.45, 2.75) is 41.7 Å². The van der Waals surface area contributed by atoms with Crippen LogP contribution in [-0.2, 0) is 19.2 Å². The standard InChI is InChI=1S/C28H28N8O7S/c1-27(2)19(22(40)41)36-23(42)28(31-14-37,24(36)44-27)34-21(39)18(15-9-5-3-6-10-15)35(25(29)43)17-13-30-26(33-20(17)38)32-16-11-7-4-8-12-16/h3-14,18-19,24H,1-2H3,(H2,29,43)(H,31,37)(H,34,39)(H,40,41)(H2,30,32,33,38)/t18?,19-,24+,28+/m0/s1. The number of fused-ring (bicyclic) bond motifs is 1. The summed E-state index contributed by atoms with van der Waals surface area (Å²) in [5.41, 5.74) is 4.24. The van der Waals surface area contributed by atoms with Gasteiger partial charge in [0, 0.05) is 10.4 Å². The number of aromatic nitrogens is 2. The van der Waals surface area contributed by atoms with Crippen molar-refractivity contribution in [1.29, 1.82) is 0 Å². The Balaban J connectivity index is 1.52. The Labute approximate surface area is 254 Å². The number of β-lactam (4-membered cyclic amide) rings is 1. The summed E-state index contributed by atoms with van der Waals surface area (Å²) in [5.74, 6) is -3.76. The van der Waals surface area contributed by atoms with Crippen molar-refractivity contribution in [2.24, 2.45) is 5.73 Å². The van der Waals surface area contributed by atoms with Crippen molar-refractivity contribution < 1.29 is 34.2 Å². The molecule has 7 N–H and O–H groups in total. The molecule has 5 rings (SSSR count). The van der Waals surface area contributed by atoms with Crippen LogP contribution in [0.5, 0.6) is 5.88 Å². The maximum absolute atomic E-state index is 14.1. The number of primary amides is 1. The number of thioether (sulfide) groups is 1. The minimum absolute atomic E-state index is 0.00858. The van der Waals surface area contributed by atoms with E-state index in [1.54, 1.807) is 56.3 Å². The Morgan fingerprint density at radius 1 is 1.11 bits per heavy atom. The lowest BCUT2D eigenvalue weighted by molar-refractivity contribution is -0.172. The number of carboxylic acid groups (broad SMARTS) is 1. The van der Waals surface area contributed by atoms with Crippen molar-refractivity contribution in [3.8, 4) is 5.88 Å². The number of carboxylic acids is 1. The van der Waals surface area contributed by atoms with E-state index in [4.69, 9.17) is 5.73 Å². The van der Waals surface area contributed by atoms with Crippen LogP contribution in [0.1, 0.15) is 25.5 Å². The number of nitrogens with two attached hydrogens (primary N) is 1. The summed E-state index contributed by atoms with van der Waals surface area (Å²) in [5, 5.41) is 27.5. The Morgan fingerprint density at radius 3 is 2.32 bits per heavy atom. The molecular weight excluding hydrogens is 592 g/mol. The van der Waals surface area contributed by atoms with Crippen LogP contribution in [0, 0.1) is 0 Å². The van der Waals surface area contributed by atoms with Crippen molar-refractivity contribution in [3.63, 3.8) is 0 Å². The zero-order valence-corrected chi connectivity index (χ0v) is 24.2. The largest absolute Gasteiger partial charge is 0.492 e. The normalized spacial score (nSPS) is 22.1. The van der Waals surface area contributed by atoms with Gasteiger partial charge in [-0.25, -0.2) is 14.6 Å². The molecule has 1 unspecified atom stereocenters. The van der Waals surface area contributed by atoms with E-state index in [0.29, 0.717) is 5.69 Å². The number of rotatable bonds is 10. The number of nitrogens with zero attached hydrogens (tertiary/aromatic N) is 4. The third-order valence-corrected chi connectivity index (χ3v) is 8.92. The first-order valence-corrected chi connectivity index (χ1v) is 14.1. The second kappa shape index (κ2) is 11.4. The molecule has 0 radical (unpaired) electrons. The molecule has 5 amide bonds. The van der Waals surface area contributed by atoms with Crippen LogP contribution >= 0.6 is 11.8 Å². The average Bonchev–Trinajstić information content (AvgIpc) is 3.25. The molecule has 2 aliphatic rings. The molecule has 2 saturated heterocycles. The highest BCUT2D eigenvalue weighted by Gasteiger charge is 2.72. The van der Waals surface area contributed by atoms with Gasteiger partial charge >= 0.3 is 12.0 Å². The highest BCUT2D eigenvalue weighted by atomic mass is 32.2. The number of anilines is 3. The number of urea groups is 1. The van der Waals surface area contributed by atoms with Gasteiger partial charge in [0.2, 0.25) is 29.8 Å². The summed E-state index contributed by atoms with van der Waals surface area (Å²) < 4.78 is -0.972.